The molecule has 0 aromatic carbocycles. The fourth-order valence-electron chi connectivity index (χ4n) is 1.70. The van der Waals surface area contributed by atoms with Gasteiger partial charge < -0.3 is 16.0 Å². The van der Waals surface area contributed by atoms with Crippen LogP contribution in [0.1, 0.15) is 13.3 Å². The third kappa shape index (κ3) is 2.79. The van der Waals surface area contributed by atoms with Crippen LogP contribution in [0.15, 0.2) is 12.4 Å². The summed E-state index contributed by atoms with van der Waals surface area (Å²) in [4.78, 5) is 8.32. The molecule has 82 valence electrons. The maximum absolute atomic E-state index is 4.20. The number of nitrogens with zero attached hydrogens (tertiary/aromatic N) is 2. The van der Waals surface area contributed by atoms with Crippen LogP contribution in [0.5, 0.6) is 0 Å². The third-order valence-corrected chi connectivity index (χ3v) is 2.44. The molecule has 1 atom stereocenters. The molecule has 2 rings (SSSR count). The van der Waals surface area contributed by atoms with Gasteiger partial charge in [-0.1, -0.05) is 0 Å². The molecular formula is C10H17N5. The SMILES string of the molecule is CCNc1cc(NC2CCNC2)ncn1. The summed E-state index contributed by atoms with van der Waals surface area (Å²) < 4.78 is 0. The molecule has 3 N–H and O–H groups in total. The van der Waals surface area contributed by atoms with Gasteiger partial charge in [0, 0.05) is 25.2 Å². The molecule has 5 nitrogen and oxygen atoms in total. The Morgan fingerprint density at radius 2 is 2.33 bits per heavy atom. The van der Waals surface area contributed by atoms with Gasteiger partial charge in [-0.3, -0.25) is 0 Å². The second kappa shape index (κ2) is 4.93. The van der Waals surface area contributed by atoms with Crippen molar-refractivity contribution in [3.8, 4) is 0 Å². The molecule has 0 bridgehead atoms. The largest absolute Gasteiger partial charge is 0.370 e. The highest BCUT2D eigenvalue weighted by molar-refractivity contribution is 5.46. The van der Waals surface area contributed by atoms with E-state index < -0.39 is 0 Å². The Kier molecular flexibility index (Phi) is 3.34. The van der Waals surface area contributed by atoms with Gasteiger partial charge in [-0.05, 0) is 19.9 Å². The molecule has 0 aliphatic carbocycles. The van der Waals surface area contributed by atoms with Crippen LogP contribution in [0.3, 0.4) is 0 Å². The van der Waals surface area contributed by atoms with Crippen LogP contribution in [0, 0.1) is 0 Å². The molecule has 1 aromatic heterocycles. The zero-order chi connectivity index (χ0) is 10.5. The summed E-state index contributed by atoms with van der Waals surface area (Å²) in [6, 6.07) is 2.44. The van der Waals surface area contributed by atoms with E-state index in [1.54, 1.807) is 6.33 Å². The molecule has 0 amide bonds. The van der Waals surface area contributed by atoms with Gasteiger partial charge in [0.15, 0.2) is 0 Å². The van der Waals surface area contributed by atoms with Crippen LogP contribution < -0.4 is 16.0 Å². The normalized spacial score (nSPS) is 20.2. The van der Waals surface area contributed by atoms with Gasteiger partial charge in [-0.2, -0.15) is 0 Å². The van der Waals surface area contributed by atoms with Crippen molar-refractivity contribution < 1.29 is 0 Å². The van der Waals surface area contributed by atoms with E-state index in [2.05, 4.69) is 32.8 Å². The van der Waals surface area contributed by atoms with Crippen molar-refractivity contribution in [3.63, 3.8) is 0 Å². The second-order valence-electron chi connectivity index (χ2n) is 3.65. The molecule has 15 heavy (non-hydrogen) atoms. The molecule has 1 saturated heterocycles. The number of rotatable bonds is 4. The van der Waals surface area contributed by atoms with Gasteiger partial charge in [-0.15, -0.1) is 0 Å². The molecule has 1 aliphatic rings. The number of anilines is 2. The van der Waals surface area contributed by atoms with Gasteiger partial charge in [0.1, 0.15) is 18.0 Å². The number of aromatic nitrogens is 2. The third-order valence-electron chi connectivity index (χ3n) is 2.44. The van der Waals surface area contributed by atoms with Crippen LogP contribution in [0.4, 0.5) is 11.6 Å². The highest BCUT2D eigenvalue weighted by Gasteiger charge is 2.14. The van der Waals surface area contributed by atoms with E-state index >= 15 is 0 Å². The Hall–Kier alpha value is -1.36. The minimum Gasteiger partial charge on any atom is -0.370 e. The van der Waals surface area contributed by atoms with Crippen LogP contribution >= 0.6 is 0 Å². The summed E-state index contributed by atoms with van der Waals surface area (Å²) in [7, 11) is 0. The average Bonchev–Trinajstić information content (AvgIpc) is 2.71. The Morgan fingerprint density at radius 1 is 1.47 bits per heavy atom. The van der Waals surface area contributed by atoms with E-state index in [9.17, 15) is 0 Å². The molecule has 1 fully saturated rings. The zero-order valence-electron chi connectivity index (χ0n) is 8.95. The standard InChI is InChI=1S/C10H17N5/c1-2-12-9-5-10(14-7-13-9)15-8-3-4-11-6-8/h5,7-8,11H,2-4,6H2,1H3,(H2,12,13,14,15). The quantitative estimate of drug-likeness (QED) is 0.678. The number of hydrogen-bond donors (Lipinski definition) is 3. The van der Waals surface area contributed by atoms with Crippen LogP contribution in [-0.2, 0) is 0 Å². The minimum absolute atomic E-state index is 0.495. The number of hydrogen-bond acceptors (Lipinski definition) is 5. The topological polar surface area (TPSA) is 61.9 Å². The van der Waals surface area contributed by atoms with Gasteiger partial charge >= 0.3 is 0 Å². The molecule has 0 radical (unpaired) electrons. The zero-order valence-corrected chi connectivity index (χ0v) is 8.95. The van der Waals surface area contributed by atoms with Gasteiger partial charge in [0.2, 0.25) is 0 Å². The highest BCUT2D eigenvalue weighted by atomic mass is 15.1. The first-order valence-corrected chi connectivity index (χ1v) is 5.41. The first-order chi connectivity index (χ1) is 7.38. The van der Waals surface area contributed by atoms with Crippen LogP contribution in [-0.4, -0.2) is 35.6 Å². The lowest BCUT2D eigenvalue weighted by molar-refractivity contribution is 0.787. The van der Waals surface area contributed by atoms with Crippen molar-refractivity contribution >= 4 is 11.6 Å². The second-order valence-corrected chi connectivity index (χ2v) is 3.65. The fourth-order valence-corrected chi connectivity index (χ4v) is 1.70. The number of nitrogens with one attached hydrogen (secondary N) is 3. The summed E-state index contributed by atoms with van der Waals surface area (Å²) in [5, 5.41) is 9.86. The Bertz CT molecular complexity index is 308. The Morgan fingerprint density at radius 3 is 3.07 bits per heavy atom. The van der Waals surface area contributed by atoms with Gasteiger partial charge in [0.25, 0.3) is 0 Å². The minimum atomic E-state index is 0.495. The molecular weight excluding hydrogens is 190 g/mol. The lowest BCUT2D eigenvalue weighted by Crippen LogP contribution is -2.22. The monoisotopic (exact) mass is 207 g/mol. The molecule has 5 heteroatoms. The van der Waals surface area contributed by atoms with Crippen LogP contribution in [0.2, 0.25) is 0 Å². The first-order valence-electron chi connectivity index (χ1n) is 5.41. The summed E-state index contributed by atoms with van der Waals surface area (Å²) in [5.41, 5.74) is 0. The van der Waals surface area contributed by atoms with E-state index in [4.69, 9.17) is 0 Å². The van der Waals surface area contributed by atoms with Crippen molar-refractivity contribution in [3.05, 3.63) is 12.4 Å². The van der Waals surface area contributed by atoms with Crippen molar-refractivity contribution in [2.24, 2.45) is 0 Å². The van der Waals surface area contributed by atoms with E-state index in [-0.39, 0.29) is 0 Å². The lowest BCUT2D eigenvalue weighted by Gasteiger charge is -2.12. The van der Waals surface area contributed by atoms with Crippen molar-refractivity contribution in [1.82, 2.24) is 15.3 Å². The van der Waals surface area contributed by atoms with Crippen molar-refractivity contribution in [2.75, 3.05) is 30.3 Å². The summed E-state index contributed by atoms with van der Waals surface area (Å²) in [6.07, 6.45) is 2.74. The molecule has 0 spiro atoms. The van der Waals surface area contributed by atoms with Crippen LogP contribution in [0.25, 0.3) is 0 Å². The summed E-state index contributed by atoms with van der Waals surface area (Å²) in [6.45, 7) is 5.03. The predicted octanol–water partition coefficient (Wildman–Crippen LogP) is 0.682. The van der Waals surface area contributed by atoms with Crippen molar-refractivity contribution in [2.45, 2.75) is 19.4 Å². The lowest BCUT2D eigenvalue weighted by atomic mass is 10.2. The molecule has 1 unspecified atom stereocenters. The molecule has 0 saturated carbocycles. The smallest absolute Gasteiger partial charge is 0.131 e. The first kappa shape index (κ1) is 10.2. The van der Waals surface area contributed by atoms with Gasteiger partial charge in [-0.25, -0.2) is 9.97 Å². The van der Waals surface area contributed by atoms with Gasteiger partial charge in [0.05, 0.1) is 0 Å². The maximum Gasteiger partial charge on any atom is 0.131 e. The van der Waals surface area contributed by atoms with E-state index in [1.807, 2.05) is 6.07 Å². The highest BCUT2D eigenvalue weighted by Crippen LogP contribution is 2.11. The maximum atomic E-state index is 4.20. The summed E-state index contributed by atoms with van der Waals surface area (Å²) >= 11 is 0. The predicted molar refractivity (Wildman–Crippen MR) is 61.1 cm³/mol. The molecule has 2 heterocycles. The molecule has 1 aliphatic heterocycles. The van der Waals surface area contributed by atoms with Crippen molar-refractivity contribution in [1.29, 1.82) is 0 Å². The fraction of sp³-hybridized carbons (Fsp3) is 0.600. The molecule has 1 aromatic rings. The van der Waals surface area contributed by atoms with E-state index in [1.165, 1.54) is 0 Å². The average molecular weight is 207 g/mol. The Balaban J connectivity index is 1.97. The van der Waals surface area contributed by atoms with E-state index in [0.29, 0.717) is 6.04 Å². The van der Waals surface area contributed by atoms with E-state index in [0.717, 1.165) is 37.7 Å². The Labute approximate surface area is 89.7 Å². The summed E-state index contributed by atoms with van der Waals surface area (Å²) in [5.74, 6) is 1.77.